The van der Waals surface area contributed by atoms with Crippen molar-refractivity contribution >= 4 is 0 Å². The predicted molar refractivity (Wildman–Crippen MR) is 82.3 cm³/mol. The van der Waals surface area contributed by atoms with Gasteiger partial charge in [-0.1, -0.05) is 48.0 Å². The minimum absolute atomic E-state index is 0.126. The van der Waals surface area contributed by atoms with E-state index in [1.165, 1.54) is 27.8 Å². The molecule has 0 radical (unpaired) electrons. The molecule has 2 aromatic rings. The van der Waals surface area contributed by atoms with Crippen LogP contribution in [0.3, 0.4) is 0 Å². The Balaban J connectivity index is 2.03. The molecule has 1 atom stereocenters. The van der Waals surface area contributed by atoms with Crippen molar-refractivity contribution in [1.29, 1.82) is 0 Å². The summed E-state index contributed by atoms with van der Waals surface area (Å²) in [5.74, 6) is 0. The second-order valence-electron chi connectivity index (χ2n) is 5.42. The summed E-state index contributed by atoms with van der Waals surface area (Å²) in [7, 11) is 0. The Kier molecular flexibility index (Phi) is 4.39. The summed E-state index contributed by atoms with van der Waals surface area (Å²) in [4.78, 5) is 0. The van der Waals surface area contributed by atoms with Crippen LogP contribution in [0.5, 0.6) is 0 Å². The van der Waals surface area contributed by atoms with Gasteiger partial charge in [0.2, 0.25) is 0 Å². The minimum Gasteiger partial charge on any atom is -0.324 e. The maximum atomic E-state index is 6.34. The summed E-state index contributed by atoms with van der Waals surface area (Å²) in [6, 6.07) is 15.3. The summed E-state index contributed by atoms with van der Waals surface area (Å²) in [6.45, 7) is 6.42. The van der Waals surface area contributed by atoms with Gasteiger partial charge in [0.15, 0.2) is 0 Å². The highest BCUT2D eigenvalue weighted by Gasteiger charge is 2.10. The Morgan fingerprint density at radius 3 is 2.32 bits per heavy atom. The number of hydrogen-bond donors (Lipinski definition) is 1. The zero-order valence-electron chi connectivity index (χ0n) is 12.1. The van der Waals surface area contributed by atoms with E-state index in [9.17, 15) is 0 Å². The van der Waals surface area contributed by atoms with Crippen molar-refractivity contribution in [2.45, 2.75) is 39.7 Å². The molecule has 2 rings (SSSR count). The quantitative estimate of drug-likeness (QED) is 0.866. The molecule has 0 aliphatic heterocycles. The highest BCUT2D eigenvalue weighted by Crippen LogP contribution is 2.22. The molecule has 0 aliphatic carbocycles. The normalized spacial score (nSPS) is 12.4. The first-order valence-electron chi connectivity index (χ1n) is 6.95. The van der Waals surface area contributed by atoms with Crippen molar-refractivity contribution in [2.75, 3.05) is 0 Å². The number of aryl methyl sites for hydroxylation is 3. The third-order valence-electron chi connectivity index (χ3n) is 3.91. The van der Waals surface area contributed by atoms with Crippen LogP contribution in [-0.4, -0.2) is 0 Å². The van der Waals surface area contributed by atoms with Crippen LogP contribution in [0.1, 0.15) is 40.3 Å². The lowest BCUT2D eigenvalue weighted by atomic mass is 9.94. The van der Waals surface area contributed by atoms with Crippen molar-refractivity contribution in [3.8, 4) is 0 Å². The summed E-state index contributed by atoms with van der Waals surface area (Å²) in [5.41, 5.74) is 13.0. The van der Waals surface area contributed by atoms with E-state index in [2.05, 4.69) is 63.2 Å². The molecule has 1 nitrogen and oxygen atoms in total. The molecule has 0 amide bonds. The Morgan fingerprint density at radius 2 is 1.63 bits per heavy atom. The molecule has 2 aromatic carbocycles. The van der Waals surface area contributed by atoms with Crippen LogP contribution >= 0.6 is 0 Å². The largest absolute Gasteiger partial charge is 0.324 e. The van der Waals surface area contributed by atoms with E-state index in [1.54, 1.807) is 0 Å². The van der Waals surface area contributed by atoms with Gasteiger partial charge in [-0.3, -0.25) is 0 Å². The van der Waals surface area contributed by atoms with E-state index in [-0.39, 0.29) is 6.04 Å². The summed E-state index contributed by atoms with van der Waals surface area (Å²) >= 11 is 0. The molecule has 0 aliphatic rings. The second kappa shape index (κ2) is 6.03. The highest BCUT2D eigenvalue weighted by atomic mass is 14.6. The number of hydrogen-bond acceptors (Lipinski definition) is 1. The molecule has 0 heterocycles. The third kappa shape index (κ3) is 3.45. The molecule has 0 saturated heterocycles. The van der Waals surface area contributed by atoms with E-state index in [0.29, 0.717) is 0 Å². The van der Waals surface area contributed by atoms with Crippen LogP contribution in [0.4, 0.5) is 0 Å². The highest BCUT2D eigenvalue weighted by molar-refractivity contribution is 5.35. The van der Waals surface area contributed by atoms with Crippen LogP contribution in [-0.2, 0) is 6.42 Å². The first-order valence-corrected chi connectivity index (χ1v) is 6.95. The van der Waals surface area contributed by atoms with Crippen molar-refractivity contribution in [3.63, 3.8) is 0 Å². The van der Waals surface area contributed by atoms with Gasteiger partial charge in [-0.25, -0.2) is 0 Å². The average molecular weight is 253 g/mol. The molecule has 19 heavy (non-hydrogen) atoms. The fourth-order valence-corrected chi connectivity index (χ4v) is 2.41. The Hall–Kier alpha value is -1.60. The van der Waals surface area contributed by atoms with Gasteiger partial charge in [0.25, 0.3) is 0 Å². The molecule has 0 spiro atoms. The first kappa shape index (κ1) is 13.8. The Morgan fingerprint density at radius 1 is 0.947 bits per heavy atom. The molecule has 0 saturated carbocycles. The minimum atomic E-state index is 0.126. The maximum absolute atomic E-state index is 6.34. The van der Waals surface area contributed by atoms with Gasteiger partial charge >= 0.3 is 0 Å². The van der Waals surface area contributed by atoms with E-state index >= 15 is 0 Å². The second-order valence-corrected chi connectivity index (χ2v) is 5.42. The Labute approximate surface area is 116 Å². The Bertz CT molecular complexity index is 540. The third-order valence-corrected chi connectivity index (χ3v) is 3.91. The van der Waals surface area contributed by atoms with Gasteiger partial charge in [-0.05, 0) is 55.9 Å². The lowest BCUT2D eigenvalue weighted by molar-refractivity contribution is 0.647. The topological polar surface area (TPSA) is 26.0 Å². The van der Waals surface area contributed by atoms with Crippen LogP contribution in [0.25, 0.3) is 0 Å². The van der Waals surface area contributed by atoms with E-state index in [0.717, 1.165) is 12.8 Å². The summed E-state index contributed by atoms with van der Waals surface area (Å²) in [6.07, 6.45) is 2.03. The SMILES string of the molecule is Cc1ccc(CCC(N)c2cccc(C)c2C)cc1. The van der Waals surface area contributed by atoms with Crippen molar-refractivity contribution in [1.82, 2.24) is 0 Å². The van der Waals surface area contributed by atoms with Crippen molar-refractivity contribution < 1.29 is 0 Å². The maximum Gasteiger partial charge on any atom is 0.0300 e. The van der Waals surface area contributed by atoms with Gasteiger partial charge in [0.05, 0.1) is 0 Å². The first-order chi connectivity index (χ1) is 9.08. The smallest absolute Gasteiger partial charge is 0.0300 e. The van der Waals surface area contributed by atoms with E-state index < -0.39 is 0 Å². The van der Waals surface area contributed by atoms with E-state index in [1.807, 2.05) is 0 Å². The lowest BCUT2D eigenvalue weighted by Crippen LogP contribution is -2.13. The number of benzene rings is 2. The van der Waals surface area contributed by atoms with Crippen molar-refractivity contribution in [3.05, 3.63) is 70.3 Å². The van der Waals surface area contributed by atoms with Gasteiger partial charge < -0.3 is 5.73 Å². The number of nitrogens with two attached hydrogens (primary N) is 1. The summed E-state index contributed by atoms with van der Waals surface area (Å²) in [5, 5.41) is 0. The van der Waals surface area contributed by atoms with Crippen LogP contribution in [0.15, 0.2) is 42.5 Å². The van der Waals surface area contributed by atoms with Crippen LogP contribution < -0.4 is 5.73 Å². The molecule has 0 bridgehead atoms. The van der Waals surface area contributed by atoms with E-state index in [4.69, 9.17) is 5.73 Å². The fourth-order valence-electron chi connectivity index (χ4n) is 2.41. The zero-order valence-corrected chi connectivity index (χ0v) is 12.1. The molecule has 0 fully saturated rings. The lowest BCUT2D eigenvalue weighted by Gasteiger charge is -2.16. The molecule has 2 N–H and O–H groups in total. The molecule has 1 unspecified atom stereocenters. The predicted octanol–water partition coefficient (Wildman–Crippen LogP) is 4.24. The zero-order chi connectivity index (χ0) is 13.8. The van der Waals surface area contributed by atoms with Crippen molar-refractivity contribution in [2.24, 2.45) is 5.73 Å². The van der Waals surface area contributed by atoms with Gasteiger partial charge in [-0.15, -0.1) is 0 Å². The standard InChI is InChI=1S/C18H23N/c1-13-7-9-16(10-8-13)11-12-18(19)17-6-4-5-14(2)15(17)3/h4-10,18H,11-12,19H2,1-3H3. The molecule has 100 valence electrons. The van der Waals surface area contributed by atoms with Gasteiger partial charge in [-0.2, -0.15) is 0 Å². The summed E-state index contributed by atoms with van der Waals surface area (Å²) < 4.78 is 0. The average Bonchev–Trinajstić information content (AvgIpc) is 2.41. The van der Waals surface area contributed by atoms with Gasteiger partial charge in [0.1, 0.15) is 0 Å². The van der Waals surface area contributed by atoms with Crippen LogP contribution in [0, 0.1) is 20.8 Å². The molecule has 0 aromatic heterocycles. The molecule has 1 heteroatoms. The fraction of sp³-hybridized carbons (Fsp3) is 0.333. The molecular formula is C18H23N. The van der Waals surface area contributed by atoms with Crippen LogP contribution in [0.2, 0.25) is 0 Å². The molecular weight excluding hydrogens is 230 g/mol. The van der Waals surface area contributed by atoms with Gasteiger partial charge in [0, 0.05) is 6.04 Å². The number of rotatable bonds is 4. The monoisotopic (exact) mass is 253 g/mol.